The summed E-state index contributed by atoms with van der Waals surface area (Å²) in [5.74, 6) is -0.887. The molecule has 0 heterocycles. The Labute approximate surface area is 73.0 Å². The number of carboxylic acids is 1. The molecule has 0 aliphatic rings. The van der Waals surface area contributed by atoms with E-state index in [1.165, 1.54) is 6.26 Å². The summed E-state index contributed by atoms with van der Waals surface area (Å²) >= 11 is 0. The summed E-state index contributed by atoms with van der Waals surface area (Å²) < 4.78 is 4.97. The summed E-state index contributed by atoms with van der Waals surface area (Å²) in [6.07, 6.45) is 4.88. The standard InChI is InChI=1S/C9H16O3/c1-3-5-6-8(9(10)11)12-7-4-2/h4,7-8H,3,5-6H2,1-2H3,(H,10,11). The molecule has 1 N–H and O–H groups in total. The van der Waals surface area contributed by atoms with Crippen molar-refractivity contribution < 1.29 is 14.6 Å². The normalized spacial score (nSPS) is 13.2. The molecule has 0 radical (unpaired) electrons. The van der Waals surface area contributed by atoms with Crippen LogP contribution in [0.1, 0.15) is 33.1 Å². The summed E-state index contributed by atoms with van der Waals surface area (Å²) in [6.45, 7) is 3.81. The number of rotatable bonds is 6. The molecule has 0 saturated carbocycles. The van der Waals surface area contributed by atoms with E-state index in [0.29, 0.717) is 6.42 Å². The molecule has 0 aliphatic heterocycles. The second-order valence-electron chi connectivity index (χ2n) is 2.57. The quantitative estimate of drug-likeness (QED) is 0.624. The van der Waals surface area contributed by atoms with E-state index >= 15 is 0 Å². The van der Waals surface area contributed by atoms with Crippen LogP contribution in [0.3, 0.4) is 0 Å². The maximum atomic E-state index is 10.6. The molecule has 0 bridgehead atoms. The molecule has 0 rings (SSSR count). The van der Waals surface area contributed by atoms with Gasteiger partial charge in [0.25, 0.3) is 0 Å². The second kappa shape index (κ2) is 6.70. The van der Waals surface area contributed by atoms with Gasteiger partial charge in [0.15, 0.2) is 6.10 Å². The Morgan fingerprint density at radius 3 is 2.75 bits per heavy atom. The van der Waals surface area contributed by atoms with E-state index in [4.69, 9.17) is 9.84 Å². The minimum Gasteiger partial charge on any atom is -0.487 e. The Kier molecular flexibility index (Phi) is 6.15. The van der Waals surface area contributed by atoms with Crippen LogP contribution < -0.4 is 0 Å². The van der Waals surface area contributed by atoms with Crippen molar-refractivity contribution in [2.45, 2.75) is 39.2 Å². The number of hydrogen-bond donors (Lipinski definition) is 1. The van der Waals surface area contributed by atoms with Crippen molar-refractivity contribution in [1.29, 1.82) is 0 Å². The number of carboxylic acid groups (broad SMARTS) is 1. The first-order chi connectivity index (χ1) is 5.72. The Morgan fingerprint density at radius 1 is 1.67 bits per heavy atom. The van der Waals surface area contributed by atoms with Gasteiger partial charge in [-0.25, -0.2) is 4.79 Å². The zero-order valence-corrected chi connectivity index (χ0v) is 7.62. The van der Waals surface area contributed by atoms with Gasteiger partial charge < -0.3 is 9.84 Å². The van der Waals surface area contributed by atoms with Crippen molar-refractivity contribution in [3.05, 3.63) is 12.3 Å². The first-order valence-electron chi connectivity index (χ1n) is 4.21. The van der Waals surface area contributed by atoms with Crippen LogP contribution in [0.5, 0.6) is 0 Å². The fraction of sp³-hybridized carbons (Fsp3) is 0.667. The molecule has 3 nitrogen and oxygen atoms in total. The zero-order valence-electron chi connectivity index (χ0n) is 7.62. The van der Waals surface area contributed by atoms with Gasteiger partial charge in [0.05, 0.1) is 6.26 Å². The molecule has 3 heteroatoms. The molecule has 0 amide bonds. The highest BCUT2D eigenvalue weighted by atomic mass is 16.5. The highest BCUT2D eigenvalue weighted by Crippen LogP contribution is 2.05. The lowest BCUT2D eigenvalue weighted by molar-refractivity contribution is -0.147. The van der Waals surface area contributed by atoms with E-state index in [9.17, 15) is 4.79 Å². The van der Waals surface area contributed by atoms with Crippen LogP contribution in [0, 0.1) is 0 Å². The summed E-state index contributed by atoms with van der Waals surface area (Å²) in [4.78, 5) is 10.6. The Morgan fingerprint density at radius 2 is 2.33 bits per heavy atom. The molecule has 12 heavy (non-hydrogen) atoms. The van der Waals surface area contributed by atoms with Gasteiger partial charge in [-0.15, -0.1) is 0 Å². The average molecular weight is 172 g/mol. The van der Waals surface area contributed by atoms with Crippen molar-refractivity contribution in [3.63, 3.8) is 0 Å². The first-order valence-corrected chi connectivity index (χ1v) is 4.21. The molecule has 0 fully saturated rings. The molecular weight excluding hydrogens is 156 g/mol. The van der Waals surface area contributed by atoms with Crippen LogP contribution in [0.4, 0.5) is 0 Å². The fourth-order valence-corrected chi connectivity index (χ4v) is 0.813. The molecule has 0 aliphatic carbocycles. The van der Waals surface area contributed by atoms with Crippen molar-refractivity contribution >= 4 is 5.97 Å². The number of ether oxygens (including phenoxy) is 1. The molecule has 1 atom stereocenters. The number of carbonyl (C=O) groups is 1. The molecule has 0 aromatic heterocycles. The van der Waals surface area contributed by atoms with Crippen LogP contribution in [0.25, 0.3) is 0 Å². The molecule has 70 valence electrons. The van der Waals surface area contributed by atoms with Crippen molar-refractivity contribution in [2.75, 3.05) is 0 Å². The highest BCUT2D eigenvalue weighted by Gasteiger charge is 2.15. The fourth-order valence-electron chi connectivity index (χ4n) is 0.813. The van der Waals surface area contributed by atoms with Crippen LogP contribution in [0.15, 0.2) is 12.3 Å². The molecular formula is C9H16O3. The molecule has 1 unspecified atom stereocenters. The summed E-state index contributed by atoms with van der Waals surface area (Å²) in [5, 5.41) is 8.67. The third kappa shape index (κ3) is 4.77. The topological polar surface area (TPSA) is 46.5 Å². The van der Waals surface area contributed by atoms with E-state index in [0.717, 1.165) is 12.8 Å². The third-order valence-electron chi connectivity index (χ3n) is 1.47. The Bertz CT molecular complexity index is 152. The van der Waals surface area contributed by atoms with E-state index in [1.807, 2.05) is 6.92 Å². The van der Waals surface area contributed by atoms with Gasteiger partial charge in [-0.1, -0.05) is 19.4 Å². The number of hydrogen-bond acceptors (Lipinski definition) is 2. The number of allylic oxidation sites excluding steroid dienone is 1. The number of unbranched alkanes of at least 4 members (excludes halogenated alkanes) is 1. The third-order valence-corrected chi connectivity index (χ3v) is 1.47. The minimum atomic E-state index is -0.887. The first kappa shape index (κ1) is 11.0. The SMILES string of the molecule is CC=COC(CCCC)C(=O)O. The van der Waals surface area contributed by atoms with Gasteiger partial charge in [-0.05, 0) is 19.8 Å². The predicted molar refractivity (Wildman–Crippen MR) is 46.8 cm³/mol. The lowest BCUT2D eigenvalue weighted by Crippen LogP contribution is -2.21. The molecule has 0 aromatic rings. The van der Waals surface area contributed by atoms with Crippen molar-refractivity contribution in [2.24, 2.45) is 0 Å². The van der Waals surface area contributed by atoms with Crippen LogP contribution in [-0.4, -0.2) is 17.2 Å². The van der Waals surface area contributed by atoms with Crippen LogP contribution >= 0.6 is 0 Å². The summed E-state index contributed by atoms with van der Waals surface area (Å²) in [7, 11) is 0. The van der Waals surface area contributed by atoms with Crippen molar-refractivity contribution in [3.8, 4) is 0 Å². The van der Waals surface area contributed by atoms with E-state index in [1.54, 1.807) is 13.0 Å². The van der Waals surface area contributed by atoms with E-state index in [2.05, 4.69) is 0 Å². The highest BCUT2D eigenvalue weighted by molar-refractivity contribution is 5.72. The number of aliphatic carboxylic acids is 1. The monoisotopic (exact) mass is 172 g/mol. The van der Waals surface area contributed by atoms with Crippen LogP contribution in [0.2, 0.25) is 0 Å². The Hall–Kier alpha value is -0.990. The van der Waals surface area contributed by atoms with Crippen molar-refractivity contribution in [1.82, 2.24) is 0 Å². The maximum Gasteiger partial charge on any atom is 0.344 e. The summed E-state index contributed by atoms with van der Waals surface area (Å²) in [6, 6.07) is 0. The average Bonchev–Trinajstić information content (AvgIpc) is 2.04. The van der Waals surface area contributed by atoms with Gasteiger partial charge >= 0.3 is 5.97 Å². The maximum absolute atomic E-state index is 10.6. The molecule has 0 aromatic carbocycles. The lowest BCUT2D eigenvalue weighted by Gasteiger charge is -2.10. The van der Waals surface area contributed by atoms with Gasteiger partial charge in [0.2, 0.25) is 0 Å². The smallest absolute Gasteiger partial charge is 0.344 e. The second-order valence-corrected chi connectivity index (χ2v) is 2.57. The van der Waals surface area contributed by atoms with Gasteiger partial charge in [0, 0.05) is 0 Å². The summed E-state index contributed by atoms with van der Waals surface area (Å²) in [5.41, 5.74) is 0. The van der Waals surface area contributed by atoms with Crippen LogP contribution in [-0.2, 0) is 9.53 Å². The lowest BCUT2D eigenvalue weighted by atomic mass is 10.2. The molecule has 0 saturated heterocycles. The minimum absolute atomic E-state index is 0.580. The molecule has 0 spiro atoms. The van der Waals surface area contributed by atoms with E-state index < -0.39 is 12.1 Å². The van der Waals surface area contributed by atoms with Gasteiger partial charge in [-0.3, -0.25) is 0 Å². The van der Waals surface area contributed by atoms with Gasteiger partial charge in [0.1, 0.15) is 0 Å². The van der Waals surface area contributed by atoms with Gasteiger partial charge in [-0.2, -0.15) is 0 Å². The zero-order chi connectivity index (χ0) is 9.40. The Balaban J connectivity index is 3.78. The largest absolute Gasteiger partial charge is 0.487 e. The van der Waals surface area contributed by atoms with E-state index in [-0.39, 0.29) is 0 Å². The predicted octanol–water partition coefficient (Wildman–Crippen LogP) is 2.18.